The van der Waals surface area contributed by atoms with E-state index in [1.54, 1.807) is 13.8 Å². The summed E-state index contributed by atoms with van der Waals surface area (Å²) < 4.78 is 9.04. The van der Waals surface area contributed by atoms with E-state index in [2.05, 4.69) is 9.47 Å². The van der Waals surface area contributed by atoms with Gasteiger partial charge in [0.05, 0.1) is 13.2 Å². The van der Waals surface area contributed by atoms with Crippen LogP contribution in [0.1, 0.15) is 20.3 Å². The molecule has 0 aliphatic carbocycles. The summed E-state index contributed by atoms with van der Waals surface area (Å²) >= 11 is 0. The van der Waals surface area contributed by atoms with Crippen molar-refractivity contribution in [3.63, 3.8) is 0 Å². The molecule has 6 heteroatoms. The minimum Gasteiger partial charge on any atom is -0.466 e. The van der Waals surface area contributed by atoms with Crippen molar-refractivity contribution in [1.82, 2.24) is 0 Å². The maximum absolute atomic E-state index is 10.6. The highest BCUT2D eigenvalue weighted by Crippen LogP contribution is 1.89. The number of esters is 2. The molecule has 0 bridgehead atoms. The van der Waals surface area contributed by atoms with Crippen LogP contribution in [0.25, 0.3) is 0 Å². The maximum atomic E-state index is 10.6. The highest BCUT2D eigenvalue weighted by atomic mass is 24.3. The number of carbonyl (C=O) groups excluding carboxylic acids is 2. The third-order valence-corrected chi connectivity index (χ3v) is 0.899. The standard InChI is InChI=1S/C7H12O4.2Mg.4H/c1-3-10-6(8)5-7(9)11-4-2;;;;;;/h3-5H2,1-2H3;;;;;;. The van der Waals surface area contributed by atoms with Crippen LogP contribution in [-0.4, -0.2) is 71.3 Å². The number of carbonyl (C=O) groups is 2. The van der Waals surface area contributed by atoms with Gasteiger partial charge in [-0.3, -0.25) is 9.59 Å². The molecule has 0 fully saturated rings. The number of hydrogen-bond acceptors (Lipinski definition) is 4. The molecule has 0 rings (SSSR count). The lowest BCUT2D eigenvalue weighted by Crippen LogP contribution is -2.13. The van der Waals surface area contributed by atoms with Crippen LogP contribution in [0.2, 0.25) is 0 Å². The van der Waals surface area contributed by atoms with Crippen LogP contribution in [0.15, 0.2) is 0 Å². The summed E-state index contributed by atoms with van der Waals surface area (Å²) in [5.74, 6) is -1.07. The molecule has 0 saturated heterocycles. The van der Waals surface area contributed by atoms with E-state index >= 15 is 0 Å². The summed E-state index contributed by atoms with van der Waals surface area (Å²) in [6, 6.07) is 0. The Hall–Kier alpha value is 0.472. The second-order valence-electron chi connectivity index (χ2n) is 1.79. The molecule has 4 nitrogen and oxygen atoms in total. The molecule has 0 heterocycles. The summed E-state index contributed by atoms with van der Waals surface area (Å²) in [5.41, 5.74) is 0. The van der Waals surface area contributed by atoms with E-state index in [9.17, 15) is 9.59 Å². The van der Waals surface area contributed by atoms with E-state index in [1.165, 1.54) is 0 Å². The quantitative estimate of drug-likeness (QED) is 0.329. The Morgan fingerprint density at radius 3 is 1.46 bits per heavy atom. The Balaban J connectivity index is -0.000000500. The number of hydrogen-bond donors (Lipinski definition) is 0. The summed E-state index contributed by atoms with van der Waals surface area (Å²) in [7, 11) is 0. The monoisotopic (exact) mass is 212 g/mol. The van der Waals surface area contributed by atoms with Crippen molar-refractivity contribution in [1.29, 1.82) is 0 Å². The lowest BCUT2D eigenvalue weighted by atomic mass is 10.4. The molecular weight excluding hydrogens is 197 g/mol. The van der Waals surface area contributed by atoms with Crippen molar-refractivity contribution in [2.75, 3.05) is 13.2 Å². The van der Waals surface area contributed by atoms with Crippen LogP contribution < -0.4 is 0 Å². The number of rotatable bonds is 4. The molecule has 0 spiro atoms. The number of ether oxygens (including phenoxy) is 2. The van der Waals surface area contributed by atoms with E-state index < -0.39 is 11.9 Å². The molecule has 0 amide bonds. The molecule has 0 radical (unpaired) electrons. The zero-order valence-corrected chi connectivity index (χ0v) is 6.75. The van der Waals surface area contributed by atoms with Crippen molar-refractivity contribution >= 4 is 58.0 Å². The second-order valence-corrected chi connectivity index (χ2v) is 1.79. The predicted octanol–water partition coefficient (Wildman–Crippen LogP) is -1.33. The van der Waals surface area contributed by atoms with Gasteiger partial charge < -0.3 is 9.47 Å². The van der Waals surface area contributed by atoms with E-state index in [4.69, 9.17) is 0 Å². The normalized spacial score (nSPS) is 7.54. The topological polar surface area (TPSA) is 52.6 Å². The second kappa shape index (κ2) is 12.5. The Morgan fingerprint density at radius 1 is 0.923 bits per heavy atom. The van der Waals surface area contributed by atoms with Gasteiger partial charge in [-0.15, -0.1) is 0 Å². The molecule has 0 aromatic carbocycles. The van der Waals surface area contributed by atoms with Gasteiger partial charge in [-0.25, -0.2) is 0 Å². The molecule has 0 aromatic rings. The van der Waals surface area contributed by atoms with Crippen LogP contribution in [0.3, 0.4) is 0 Å². The van der Waals surface area contributed by atoms with Gasteiger partial charge in [0, 0.05) is 0 Å². The third kappa shape index (κ3) is 12.5. The van der Waals surface area contributed by atoms with Crippen LogP contribution in [0, 0.1) is 0 Å². The first-order chi connectivity index (χ1) is 5.20. The van der Waals surface area contributed by atoms with E-state index in [-0.39, 0.29) is 65.7 Å². The van der Waals surface area contributed by atoms with Gasteiger partial charge in [-0.2, -0.15) is 0 Å². The zero-order chi connectivity index (χ0) is 8.69. The summed E-state index contributed by atoms with van der Waals surface area (Å²) in [5, 5.41) is 0. The third-order valence-electron chi connectivity index (χ3n) is 0.899. The SMILES string of the molecule is CCOC(=O)CC(=O)OCC.[MgH2].[MgH2]. The Bertz CT molecular complexity index is 133. The lowest BCUT2D eigenvalue weighted by Gasteiger charge is -2.00. The fourth-order valence-corrected chi connectivity index (χ4v) is 0.542. The van der Waals surface area contributed by atoms with Crippen LogP contribution >= 0.6 is 0 Å². The fraction of sp³-hybridized carbons (Fsp3) is 0.714. The van der Waals surface area contributed by atoms with E-state index in [0.29, 0.717) is 0 Å². The summed E-state index contributed by atoms with van der Waals surface area (Å²) in [6.45, 7) is 3.95. The largest absolute Gasteiger partial charge is 0.466 e. The van der Waals surface area contributed by atoms with Gasteiger partial charge in [0.1, 0.15) is 6.42 Å². The Morgan fingerprint density at radius 2 is 1.23 bits per heavy atom. The molecule has 0 N–H and O–H groups in total. The van der Waals surface area contributed by atoms with E-state index in [0.717, 1.165) is 0 Å². The Labute approximate surface area is 110 Å². The molecule has 0 aromatic heterocycles. The average molecular weight is 213 g/mol. The molecule has 0 saturated carbocycles. The molecule has 72 valence electrons. The van der Waals surface area contributed by atoms with Crippen LogP contribution in [0.4, 0.5) is 0 Å². The minimum atomic E-state index is -0.536. The highest BCUT2D eigenvalue weighted by Gasteiger charge is 2.09. The molecule has 0 atom stereocenters. The molecule has 0 aliphatic rings. The average Bonchev–Trinajstić information content (AvgIpc) is 1.87. The molecular formula is C7H16Mg2O4. The summed E-state index contributed by atoms with van der Waals surface area (Å²) in [4.78, 5) is 21.2. The van der Waals surface area contributed by atoms with Gasteiger partial charge in [0.25, 0.3) is 0 Å². The lowest BCUT2D eigenvalue weighted by molar-refractivity contribution is -0.153. The van der Waals surface area contributed by atoms with Crippen molar-refractivity contribution in [3.8, 4) is 0 Å². The first kappa shape index (κ1) is 19.1. The smallest absolute Gasteiger partial charge is 0.317 e. The van der Waals surface area contributed by atoms with Crippen molar-refractivity contribution in [2.45, 2.75) is 20.3 Å². The maximum Gasteiger partial charge on any atom is 0.317 e. The van der Waals surface area contributed by atoms with E-state index in [1.807, 2.05) is 0 Å². The van der Waals surface area contributed by atoms with Gasteiger partial charge in [0.15, 0.2) is 0 Å². The van der Waals surface area contributed by atoms with Crippen LogP contribution in [0.5, 0.6) is 0 Å². The van der Waals surface area contributed by atoms with Crippen LogP contribution in [-0.2, 0) is 19.1 Å². The predicted molar refractivity (Wildman–Crippen MR) is 55.0 cm³/mol. The first-order valence-corrected chi connectivity index (χ1v) is 3.52. The highest BCUT2D eigenvalue weighted by molar-refractivity contribution is 5.91. The first-order valence-electron chi connectivity index (χ1n) is 3.52. The van der Waals surface area contributed by atoms with Gasteiger partial charge in [-0.1, -0.05) is 0 Å². The van der Waals surface area contributed by atoms with Gasteiger partial charge in [-0.05, 0) is 13.8 Å². The van der Waals surface area contributed by atoms with Crippen molar-refractivity contribution in [3.05, 3.63) is 0 Å². The summed E-state index contributed by atoms with van der Waals surface area (Å²) in [6.07, 6.45) is -0.290. The fourth-order valence-electron chi connectivity index (χ4n) is 0.542. The van der Waals surface area contributed by atoms with Crippen molar-refractivity contribution in [2.24, 2.45) is 0 Å². The van der Waals surface area contributed by atoms with Gasteiger partial charge in [0.2, 0.25) is 0 Å². The molecule has 13 heavy (non-hydrogen) atoms. The molecule has 0 unspecified atom stereocenters. The Kier molecular flexibility index (Phi) is 18.3. The zero-order valence-electron chi connectivity index (χ0n) is 6.75. The molecule has 0 aliphatic heterocycles. The minimum absolute atomic E-state index is 0. The van der Waals surface area contributed by atoms with Crippen molar-refractivity contribution < 1.29 is 19.1 Å². The van der Waals surface area contributed by atoms with Gasteiger partial charge >= 0.3 is 58.0 Å².